The molecule has 0 unspecified atom stereocenters. The Labute approximate surface area is 146 Å². The lowest BCUT2D eigenvalue weighted by Crippen LogP contribution is -2.49. The number of amides is 1. The van der Waals surface area contributed by atoms with E-state index in [9.17, 15) is 4.79 Å². The molecule has 6 nitrogen and oxygen atoms in total. The first-order valence-corrected chi connectivity index (χ1v) is 8.34. The van der Waals surface area contributed by atoms with Crippen molar-refractivity contribution in [1.29, 1.82) is 0 Å². The van der Waals surface area contributed by atoms with E-state index < -0.39 is 6.10 Å². The lowest BCUT2D eigenvalue weighted by atomic mass is 10.1. The lowest BCUT2D eigenvalue weighted by Gasteiger charge is -2.29. The number of carbonyl (C=O) groups is 1. The third-order valence-electron chi connectivity index (χ3n) is 4.13. The van der Waals surface area contributed by atoms with Crippen LogP contribution in [0.1, 0.15) is 11.6 Å². The molecule has 0 aliphatic carbocycles. The van der Waals surface area contributed by atoms with E-state index in [-0.39, 0.29) is 11.9 Å². The Morgan fingerprint density at radius 3 is 2.92 bits per heavy atom. The predicted octanol–water partition coefficient (Wildman–Crippen LogP) is 1.57. The van der Waals surface area contributed by atoms with E-state index in [1.807, 2.05) is 48.3 Å². The fourth-order valence-electron chi connectivity index (χ4n) is 2.76. The average Bonchev–Trinajstić information content (AvgIpc) is 3.11. The summed E-state index contributed by atoms with van der Waals surface area (Å²) in [5.74, 6) is -0.0901. The second-order valence-electron chi connectivity index (χ2n) is 5.92. The van der Waals surface area contributed by atoms with Gasteiger partial charge >= 0.3 is 0 Å². The number of halogens is 1. The Morgan fingerprint density at radius 1 is 1.46 bits per heavy atom. The molecule has 1 aromatic carbocycles. The van der Waals surface area contributed by atoms with Gasteiger partial charge in [0.1, 0.15) is 6.10 Å². The van der Waals surface area contributed by atoms with Gasteiger partial charge in [-0.3, -0.25) is 9.48 Å². The van der Waals surface area contributed by atoms with Crippen molar-refractivity contribution in [2.45, 2.75) is 12.1 Å². The maximum atomic E-state index is 12.4. The van der Waals surface area contributed by atoms with Crippen LogP contribution in [0.4, 0.5) is 0 Å². The van der Waals surface area contributed by atoms with E-state index in [1.54, 1.807) is 6.20 Å². The molecule has 24 heavy (non-hydrogen) atoms. The molecule has 2 heterocycles. The molecule has 2 atom stereocenters. The van der Waals surface area contributed by atoms with E-state index in [0.717, 1.165) is 12.1 Å². The van der Waals surface area contributed by atoms with Gasteiger partial charge in [-0.25, -0.2) is 0 Å². The highest BCUT2D eigenvalue weighted by atomic mass is 35.5. The maximum absolute atomic E-state index is 12.4. The molecule has 7 heteroatoms. The van der Waals surface area contributed by atoms with Gasteiger partial charge in [0.05, 0.1) is 12.6 Å². The molecule has 3 rings (SSSR count). The van der Waals surface area contributed by atoms with Crippen LogP contribution in [0.5, 0.6) is 0 Å². The summed E-state index contributed by atoms with van der Waals surface area (Å²) in [6, 6.07) is 9.35. The van der Waals surface area contributed by atoms with Gasteiger partial charge in [-0.2, -0.15) is 5.10 Å². The van der Waals surface area contributed by atoms with Crippen molar-refractivity contribution in [1.82, 2.24) is 20.0 Å². The summed E-state index contributed by atoms with van der Waals surface area (Å²) in [5.41, 5.74) is 1.03. The van der Waals surface area contributed by atoms with Crippen LogP contribution in [0.3, 0.4) is 0 Å². The van der Waals surface area contributed by atoms with Crippen LogP contribution in [0.15, 0.2) is 42.7 Å². The summed E-state index contributed by atoms with van der Waals surface area (Å²) in [7, 11) is 1.99. The van der Waals surface area contributed by atoms with Crippen LogP contribution in [-0.4, -0.2) is 60.0 Å². The molecule has 1 aliphatic heterocycles. The van der Waals surface area contributed by atoms with Gasteiger partial charge in [-0.1, -0.05) is 23.7 Å². The third kappa shape index (κ3) is 4.14. The smallest absolute Gasteiger partial charge is 0.250 e. The number of carbonyl (C=O) groups excluding carboxylic acids is 1. The standard InChI is InChI=1S/C17H21ClN4O2/c1-21-9-10-24-16(12-21)17(23)19-11-15(22-8-2-7-20-22)13-3-5-14(18)6-4-13/h2-8,15-16H,9-12H2,1H3,(H,19,23)/t15-,16+/m0/s1. The highest BCUT2D eigenvalue weighted by molar-refractivity contribution is 6.30. The first kappa shape index (κ1) is 17.0. The highest BCUT2D eigenvalue weighted by Crippen LogP contribution is 2.19. The Hall–Kier alpha value is -1.89. The Balaban J connectivity index is 1.68. The van der Waals surface area contributed by atoms with Gasteiger partial charge < -0.3 is 15.0 Å². The summed E-state index contributed by atoms with van der Waals surface area (Å²) >= 11 is 5.97. The number of benzene rings is 1. The molecule has 2 aromatic rings. The minimum atomic E-state index is -0.424. The van der Waals surface area contributed by atoms with Crippen LogP contribution in [0.25, 0.3) is 0 Å². The van der Waals surface area contributed by atoms with Crippen LogP contribution in [-0.2, 0) is 9.53 Å². The van der Waals surface area contributed by atoms with Crippen molar-refractivity contribution < 1.29 is 9.53 Å². The molecule has 0 bridgehead atoms. The molecule has 128 valence electrons. The van der Waals surface area contributed by atoms with Crippen molar-refractivity contribution in [3.63, 3.8) is 0 Å². The monoisotopic (exact) mass is 348 g/mol. The zero-order chi connectivity index (χ0) is 16.9. The second-order valence-corrected chi connectivity index (χ2v) is 6.36. The van der Waals surface area contributed by atoms with Crippen LogP contribution in [0.2, 0.25) is 5.02 Å². The van der Waals surface area contributed by atoms with Gasteiger partial charge in [-0.05, 0) is 30.8 Å². The number of nitrogens with zero attached hydrogens (tertiary/aromatic N) is 3. The first-order valence-electron chi connectivity index (χ1n) is 7.96. The fraction of sp³-hybridized carbons (Fsp3) is 0.412. The van der Waals surface area contributed by atoms with Gasteiger partial charge in [0.25, 0.3) is 5.91 Å². The second kappa shape index (κ2) is 7.79. The molecule has 1 aromatic heterocycles. The van der Waals surface area contributed by atoms with Crippen molar-refractivity contribution in [2.24, 2.45) is 0 Å². The summed E-state index contributed by atoms with van der Waals surface area (Å²) in [4.78, 5) is 14.5. The highest BCUT2D eigenvalue weighted by Gasteiger charge is 2.25. The molecule has 1 N–H and O–H groups in total. The molecule has 1 fully saturated rings. The number of ether oxygens (including phenoxy) is 1. The minimum absolute atomic E-state index is 0.0901. The number of nitrogens with one attached hydrogen (secondary N) is 1. The average molecular weight is 349 g/mol. The van der Waals surface area contributed by atoms with Crippen molar-refractivity contribution in [2.75, 3.05) is 33.3 Å². The van der Waals surface area contributed by atoms with Crippen molar-refractivity contribution in [3.8, 4) is 0 Å². The molecule has 0 saturated carbocycles. The van der Waals surface area contributed by atoms with E-state index in [2.05, 4.69) is 15.3 Å². The normalized spacial score (nSPS) is 19.8. The first-order chi connectivity index (χ1) is 11.6. The number of hydrogen-bond acceptors (Lipinski definition) is 4. The summed E-state index contributed by atoms with van der Waals surface area (Å²) < 4.78 is 7.39. The van der Waals surface area contributed by atoms with Gasteiger partial charge in [0.2, 0.25) is 0 Å². The largest absolute Gasteiger partial charge is 0.366 e. The molecular weight excluding hydrogens is 328 g/mol. The van der Waals surface area contributed by atoms with Gasteiger partial charge in [-0.15, -0.1) is 0 Å². The van der Waals surface area contributed by atoms with Crippen LogP contribution >= 0.6 is 11.6 Å². The van der Waals surface area contributed by atoms with E-state index >= 15 is 0 Å². The number of likely N-dealkylation sites (N-methyl/N-ethyl adjacent to an activating group) is 1. The lowest BCUT2D eigenvalue weighted by molar-refractivity contribution is -0.137. The fourth-order valence-corrected chi connectivity index (χ4v) is 2.89. The molecule has 1 aliphatic rings. The van der Waals surface area contributed by atoms with Gasteiger partial charge in [0.15, 0.2) is 0 Å². The zero-order valence-electron chi connectivity index (χ0n) is 13.6. The molecule has 1 amide bonds. The topological polar surface area (TPSA) is 59.4 Å². The number of morpholine rings is 1. The number of hydrogen-bond donors (Lipinski definition) is 1. The summed E-state index contributed by atoms with van der Waals surface area (Å²) in [6.45, 7) is 2.48. The predicted molar refractivity (Wildman–Crippen MR) is 92.1 cm³/mol. The SMILES string of the molecule is CN1CCO[C@@H](C(=O)NC[C@@H](c2ccc(Cl)cc2)n2cccn2)C1. The Bertz CT molecular complexity index is 660. The quantitative estimate of drug-likeness (QED) is 0.891. The summed E-state index contributed by atoms with van der Waals surface area (Å²) in [5, 5.41) is 7.98. The molecule has 1 saturated heterocycles. The van der Waals surface area contributed by atoms with Gasteiger partial charge in [0, 0.05) is 37.1 Å². The Kier molecular flexibility index (Phi) is 5.50. The van der Waals surface area contributed by atoms with E-state index in [1.165, 1.54) is 0 Å². The molecular formula is C17H21ClN4O2. The van der Waals surface area contributed by atoms with Crippen LogP contribution < -0.4 is 5.32 Å². The van der Waals surface area contributed by atoms with Crippen molar-refractivity contribution >= 4 is 17.5 Å². The number of aromatic nitrogens is 2. The zero-order valence-corrected chi connectivity index (χ0v) is 14.3. The number of rotatable bonds is 5. The third-order valence-corrected chi connectivity index (χ3v) is 4.38. The molecule has 0 spiro atoms. The Morgan fingerprint density at radius 2 is 2.25 bits per heavy atom. The van der Waals surface area contributed by atoms with E-state index in [4.69, 9.17) is 16.3 Å². The van der Waals surface area contributed by atoms with Crippen molar-refractivity contribution in [3.05, 3.63) is 53.3 Å². The van der Waals surface area contributed by atoms with Crippen LogP contribution in [0, 0.1) is 0 Å². The maximum Gasteiger partial charge on any atom is 0.250 e. The molecule has 0 radical (unpaired) electrons. The van der Waals surface area contributed by atoms with E-state index in [0.29, 0.717) is 24.7 Å². The minimum Gasteiger partial charge on any atom is -0.366 e. The summed E-state index contributed by atoms with van der Waals surface area (Å²) in [6.07, 6.45) is 3.19.